The van der Waals surface area contributed by atoms with Gasteiger partial charge in [0.05, 0.1) is 19.0 Å². The smallest absolute Gasteiger partial charge is 0.127 e. The van der Waals surface area contributed by atoms with Crippen LogP contribution in [0.15, 0.2) is 11.5 Å². The Morgan fingerprint density at radius 3 is 2.94 bits per heavy atom. The van der Waals surface area contributed by atoms with Gasteiger partial charge in [0.1, 0.15) is 12.0 Å². The molecule has 6 nitrogen and oxygen atoms in total. The Balaban J connectivity index is 1.70. The van der Waals surface area contributed by atoms with Crippen molar-refractivity contribution < 1.29 is 5.11 Å². The van der Waals surface area contributed by atoms with E-state index in [1.807, 2.05) is 0 Å². The molecule has 6 heteroatoms. The van der Waals surface area contributed by atoms with Gasteiger partial charge in [0, 0.05) is 12.6 Å². The third kappa shape index (κ3) is 1.45. The van der Waals surface area contributed by atoms with Gasteiger partial charge in [-0.1, -0.05) is 0 Å². The van der Waals surface area contributed by atoms with Crippen LogP contribution < -0.4 is 21.7 Å². The Labute approximate surface area is 94.9 Å². The molecule has 0 bridgehead atoms. The molecule has 2 heterocycles. The van der Waals surface area contributed by atoms with E-state index in [9.17, 15) is 0 Å². The fourth-order valence-corrected chi connectivity index (χ4v) is 2.70. The van der Waals surface area contributed by atoms with Gasteiger partial charge >= 0.3 is 0 Å². The van der Waals surface area contributed by atoms with E-state index < -0.39 is 0 Å². The minimum atomic E-state index is -0.0880. The van der Waals surface area contributed by atoms with Crippen LogP contribution in [-0.2, 0) is 0 Å². The Kier molecular flexibility index (Phi) is 2.42. The summed E-state index contributed by atoms with van der Waals surface area (Å²) < 4.78 is 0. The third-order valence-corrected chi connectivity index (χ3v) is 3.78. The molecule has 1 aliphatic carbocycles. The minimum absolute atomic E-state index is 0.0880. The minimum Gasteiger partial charge on any atom is -0.396 e. The lowest BCUT2D eigenvalue weighted by Crippen LogP contribution is -2.53. The summed E-state index contributed by atoms with van der Waals surface area (Å²) in [5.74, 6) is 1.64. The Morgan fingerprint density at radius 2 is 2.19 bits per heavy atom. The molecule has 3 rings (SSSR count). The molecule has 1 atom stereocenters. The predicted octanol–water partition coefficient (Wildman–Crippen LogP) is -1.78. The Hall–Kier alpha value is -0.980. The molecule has 90 valence electrons. The van der Waals surface area contributed by atoms with Crippen LogP contribution in [-0.4, -0.2) is 42.2 Å². The summed E-state index contributed by atoms with van der Waals surface area (Å²) in [5.41, 5.74) is 7.03. The zero-order valence-corrected chi connectivity index (χ0v) is 9.24. The first-order valence-corrected chi connectivity index (χ1v) is 5.88. The van der Waals surface area contributed by atoms with Crippen LogP contribution in [0.5, 0.6) is 0 Å². The molecule has 6 N–H and O–H groups in total. The van der Waals surface area contributed by atoms with E-state index in [0.29, 0.717) is 25.2 Å². The van der Waals surface area contributed by atoms with Crippen molar-refractivity contribution in [2.45, 2.75) is 25.0 Å². The van der Waals surface area contributed by atoms with Crippen LogP contribution in [0.25, 0.3) is 0 Å². The van der Waals surface area contributed by atoms with Gasteiger partial charge in [0.2, 0.25) is 0 Å². The van der Waals surface area contributed by atoms with Crippen LogP contribution in [0.4, 0.5) is 0 Å². The lowest BCUT2D eigenvalue weighted by molar-refractivity contribution is 0.0644. The standard InChI is InChI=1S/C10H19N5O/c11-9-8-10(13-4-12-9)15(5-14-8)7-1-6(2-7)3-16/h6-7,9,12-14,16H,1-5,11H2. The topological polar surface area (TPSA) is 85.6 Å². The van der Waals surface area contributed by atoms with Gasteiger partial charge in [0.15, 0.2) is 0 Å². The molecule has 1 unspecified atom stereocenters. The summed E-state index contributed by atoms with van der Waals surface area (Å²) in [5, 5.41) is 18.8. The number of rotatable bonds is 2. The number of nitrogens with zero attached hydrogens (tertiary/aromatic N) is 1. The van der Waals surface area contributed by atoms with Crippen molar-refractivity contribution in [2.24, 2.45) is 11.7 Å². The van der Waals surface area contributed by atoms with E-state index in [1.165, 1.54) is 0 Å². The maximum atomic E-state index is 9.03. The molecule has 3 aliphatic rings. The maximum absolute atomic E-state index is 9.03. The second kappa shape index (κ2) is 3.80. The Morgan fingerprint density at radius 1 is 1.38 bits per heavy atom. The van der Waals surface area contributed by atoms with Crippen LogP contribution in [0.2, 0.25) is 0 Å². The highest BCUT2D eigenvalue weighted by Gasteiger charge is 2.39. The summed E-state index contributed by atoms with van der Waals surface area (Å²) in [4.78, 5) is 2.34. The summed E-state index contributed by atoms with van der Waals surface area (Å²) >= 11 is 0. The monoisotopic (exact) mass is 225 g/mol. The molecule has 0 aromatic heterocycles. The molecule has 2 aliphatic heterocycles. The highest BCUT2D eigenvalue weighted by molar-refractivity contribution is 5.23. The molecule has 0 saturated heterocycles. The van der Waals surface area contributed by atoms with Crippen molar-refractivity contribution in [1.82, 2.24) is 20.9 Å². The molecular formula is C10H19N5O. The largest absolute Gasteiger partial charge is 0.396 e. The number of nitrogens with one attached hydrogen (secondary N) is 3. The number of aliphatic hydroxyl groups is 1. The predicted molar refractivity (Wildman–Crippen MR) is 59.6 cm³/mol. The van der Waals surface area contributed by atoms with Gasteiger partial charge in [-0.3, -0.25) is 5.32 Å². The van der Waals surface area contributed by atoms with Crippen molar-refractivity contribution in [3.05, 3.63) is 11.5 Å². The van der Waals surface area contributed by atoms with Crippen molar-refractivity contribution in [2.75, 3.05) is 19.9 Å². The summed E-state index contributed by atoms with van der Waals surface area (Å²) in [6.45, 7) is 1.86. The first-order chi connectivity index (χ1) is 7.79. The van der Waals surface area contributed by atoms with E-state index in [-0.39, 0.29) is 6.17 Å². The fourth-order valence-electron chi connectivity index (χ4n) is 2.70. The normalized spacial score (nSPS) is 37.6. The van der Waals surface area contributed by atoms with E-state index >= 15 is 0 Å². The first kappa shape index (κ1) is 10.2. The zero-order valence-electron chi connectivity index (χ0n) is 9.24. The lowest BCUT2D eigenvalue weighted by Gasteiger charge is -2.42. The quantitative estimate of drug-likeness (QED) is 0.382. The fraction of sp³-hybridized carbons (Fsp3) is 0.800. The summed E-state index contributed by atoms with van der Waals surface area (Å²) in [6, 6.07) is 0.551. The second-order valence-corrected chi connectivity index (χ2v) is 4.78. The van der Waals surface area contributed by atoms with Gasteiger partial charge in [-0.15, -0.1) is 0 Å². The average Bonchev–Trinajstić information content (AvgIpc) is 2.62. The van der Waals surface area contributed by atoms with Crippen LogP contribution in [0.3, 0.4) is 0 Å². The summed E-state index contributed by atoms with van der Waals surface area (Å²) in [6.07, 6.45) is 2.08. The molecule has 0 radical (unpaired) electrons. The van der Waals surface area contributed by atoms with E-state index in [1.54, 1.807) is 0 Å². The molecular weight excluding hydrogens is 206 g/mol. The molecule has 16 heavy (non-hydrogen) atoms. The van der Waals surface area contributed by atoms with Crippen LogP contribution in [0, 0.1) is 5.92 Å². The molecule has 1 fully saturated rings. The molecule has 0 aromatic rings. The van der Waals surface area contributed by atoms with Crippen molar-refractivity contribution in [1.29, 1.82) is 0 Å². The third-order valence-electron chi connectivity index (χ3n) is 3.78. The maximum Gasteiger partial charge on any atom is 0.127 e. The van der Waals surface area contributed by atoms with Gasteiger partial charge in [0.25, 0.3) is 0 Å². The van der Waals surface area contributed by atoms with Gasteiger partial charge in [-0.05, 0) is 18.8 Å². The average molecular weight is 225 g/mol. The number of aliphatic hydroxyl groups excluding tert-OH is 1. The van der Waals surface area contributed by atoms with Crippen LogP contribution in [0.1, 0.15) is 12.8 Å². The molecule has 1 saturated carbocycles. The van der Waals surface area contributed by atoms with Crippen molar-refractivity contribution in [3.8, 4) is 0 Å². The van der Waals surface area contributed by atoms with E-state index in [4.69, 9.17) is 10.8 Å². The van der Waals surface area contributed by atoms with E-state index in [2.05, 4.69) is 20.9 Å². The number of hydrogen-bond donors (Lipinski definition) is 5. The van der Waals surface area contributed by atoms with Gasteiger partial charge in [-0.2, -0.15) is 0 Å². The highest BCUT2D eigenvalue weighted by atomic mass is 16.3. The number of hydrogen-bond acceptors (Lipinski definition) is 6. The number of nitrogens with two attached hydrogens (primary N) is 1. The highest BCUT2D eigenvalue weighted by Crippen LogP contribution is 2.34. The zero-order chi connectivity index (χ0) is 11.1. The molecule has 0 aromatic carbocycles. The summed E-state index contributed by atoms with van der Waals surface area (Å²) in [7, 11) is 0. The second-order valence-electron chi connectivity index (χ2n) is 4.78. The molecule has 0 spiro atoms. The Bertz CT molecular complexity index is 312. The van der Waals surface area contributed by atoms with E-state index in [0.717, 1.165) is 31.0 Å². The lowest BCUT2D eigenvalue weighted by atomic mass is 9.80. The molecule has 0 amide bonds. The SMILES string of the molecule is NC1NCNC2=C1NCN2C1CC(CO)C1. The first-order valence-electron chi connectivity index (χ1n) is 5.88. The van der Waals surface area contributed by atoms with Crippen LogP contribution >= 0.6 is 0 Å². The van der Waals surface area contributed by atoms with Gasteiger partial charge < -0.3 is 26.4 Å². The van der Waals surface area contributed by atoms with Crippen molar-refractivity contribution in [3.63, 3.8) is 0 Å². The van der Waals surface area contributed by atoms with Crippen molar-refractivity contribution >= 4 is 0 Å². The van der Waals surface area contributed by atoms with Gasteiger partial charge in [-0.25, -0.2) is 0 Å².